The van der Waals surface area contributed by atoms with Crippen LogP contribution < -0.4 is 0 Å². The normalized spacial score (nSPS) is 21.8. The minimum atomic E-state index is 0.0704. The summed E-state index contributed by atoms with van der Waals surface area (Å²) in [6, 6.07) is 1.86. The Morgan fingerprint density at radius 2 is 2.12 bits per heavy atom. The maximum absolute atomic E-state index is 12.8. The molecule has 1 atom stereocenters. The van der Waals surface area contributed by atoms with E-state index in [9.17, 15) is 4.79 Å². The summed E-state index contributed by atoms with van der Waals surface area (Å²) in [4.78, 5) is 18.9. The first kappa shape index (κ1) is 17.2. The van der Waals surface area contributed by atoms with Crippen LogP contribution in [-0.4, -0.2) is 49.9 Å². The molecule has 0 radical (unpaired) electrons. The zero-order chi connectivity index (χ0) is 18.3. The Bertz CT molecular complexity index is 804. The van der Waals surface area contributed by atoms with E-state index >= 15 is 0 Å². The van der Waals surface area contributed by atoms with Gasteiger partial charge in [-0.15, -0.1) is 0 Å². The van der Waals surface area contributed by atoms with Crippen molar-refractivity contribution in [2.75, 3.05) is 13.1 Å². The molecule has 8 heteroatoms. The number of hydrogen-bond acceptors (Lipinski definition) is 6. The number of ether oxygens (including phenoxy) is 1. The zero-order valence-corrected chi connectivity index (χ0v) is 15.6. The van der Waals surface area contributed by atoms with E-state index in [4.69, 9.17) is 9.26 Å². The summed E-state index contributed by atoms with van der Waals surface area (Å²) >= 11 is 0. The van der Waals surface area contributed by atoms with Gasteiger partial charge < -0.3 is 14.2 Å². The largest absolute Gasteiger partial charge is 0.368 e. The fourth-order valence-corrected chi connectivity index (χ4v) is 4.20. The molecule has 2 aromatic heterocycles. The first-order valence-corrected chi connectivity index (χ1v) is 9.17. The number of carbonyl (C=O) groups is 1. The van der Waals surface area contributed by atoms with Crippen LogP contribution in [0.5, 0.6) is 0 Å². The number of nitrogens with zero attached hydrogens (tertiary/aromatic N) is 5. The second kappa shape index (κ2) is 6.50. The highest BCUT2D eigenvalue weighted by molar-refractivity contribution is 5.92. The highest BCUT2D eigenvalue weighted by atomic mass is 16.5. The van der Waals surface area contributed by atoms with Gasteiger partial charge in [-0.1, -0.05) is 5.16 Å². The van der Waals surface area contributed by atoms with E-state index in [2.05, 4.69) is 15.2 Å². The van der Waals surface area contributed by atoms with Gasteiger partial charge in [0, 0.05) is 25.6 Å². The molecule has 1 saturated carbocycles. The number of likely N-dealkylation sites (tertiary alicyclic amines) is 1. The van der Waals surface area contributed by atoms with Crippen molar-refractivity contribution in [2.45, 2.75) is 52.2 Å². The third-order valence-corrected chi connectivity index (χ3v) is 5.83. The van der Waals surface area contributed by atoms with Crippen LogP contribution in [0.3, 0.4) is 0 Å². The summed E-state index contributed by atoms with van der Waals surface area (Å²) in [6.45, 7) is 5.60. The van der Waals surface area contributed by atoms with Crippen LogP contribution in [0.25, 0.3) is 0 Å². The first-order valence-electron chi connectivity index (χ1n) is 9.17. The van der Waals surface area contributed by atoms with E-state index in [-0.39, 0.29) is 17.4 Å². The Balaban J connectivity index is 1.34. The van der Waals surface area contributed by atoms with Crippen molar-refractivity contribution < 1.29 is 14.1 Å². The van der Waals surface area contributed by atoms with Crippen molar-refractivity contribution in [3.63, 3.8) is 0 Å². The molecule has 1 amide bonds. The lowest BCUT2D eigenvalue weighted by atomic mass is 9.60. The monoisotopic (exact) mass is 359 g/mol. The lowest BCUT2D eigenvalue weighted by Gasteiger charge is -2.53. The maximum atomic E-state index is 12.8. The Morgan fingerprint density at radius 1 is 1.35 bits per heavy atom. The molecular weight excluding hydrogens is 334 g/mol. The molecule has 0 N–H and O–H groups in total. The smallest absolute Gasteiger partial charge is 0.272 e. The molecule has 140 valence electrons. The molecule has 1 unspecified atom stereocenters. The topological polar surface area (TPSA) is 86.3 Å². The number of piperidine rings is 1. The summed E-state index contributed by atoms with van der Waals surface area (Å²) in [7, 11) is 1.82. The molecule has 2 aliphatic rings. The van der Waals surface area contributed by atoms with Gasteiger partial charge in [0.05, 0.1) is 11.8 Å². The maximum Gasteiger partial charge on any atom is 0.272 e. The number of hydrogen-bond donors (Lipinski definition) is 0. The lowest BCUT2D eigenvalue weighted by molar-refractivity contribution is -0.143. The van der Waals surface area contributed by atoms with E-state index in [1.54, 1.807) is 11.6 Å². The molecule has 1 aliphatic heterocycles. The summed E-state index contributed by atoms with van der Waals surface area (Å²) < 4.78 is 12.9. The average Bonchev–Trinajstić information content (AvgIpc) is 3.18. The highest BCUT2D eigenvalue weighted by Gasteiger charge is 2.49. The summed E-state index contributed by atoms with van der Waals surface area (Å²) in [5.41, 5.74) is 1.72. The number of aryl methyl sites for hydroxylation is 3. The van der Waals surface area contributed by atoms with Gasteiger partial charge in [-0.2, -0.15) is 10.1 Å². The van der Waals surface area contributed by atoms with E-state index in [0.29, 0.717) is 24.0 Å². The van der Waals surface area contributed by atoms with Gasteiger partial charge in [0.1, 0.15) is 12.3 Å². The summed E-state index contributed by atoms with van der Waals surface area (Å²) in [6.07, 6.45) is 4.38. The molecule has 2 fully saturated rings. The van der Waals surface area contributed by atoms with Crippen molar-refractivity contribution in [2.24, 2.45) is 12.5 Å². The van der Waals surface area contributed by atoms with Crippen LogP contribution in [-0.2, 0) is 18.4 Å². The molecule has 8 nitrogen and oxygen atoms in total. The van der Waals surface area contributed by atoms with Crippen LogP contribution in [0.1, 0.15) is 53.6 Å². The second-order valence-electron chi connectivity index (χ2n) is 7.52. The first-order chi connectivity index (χ1) is 12.5. The average molecular weight is 359 g/mol. The Labute approximate surface area is 152 Å². The molecule has 0 aromatic carbocycles. The highest BCUT2D eigenvalue weighted by Crippen LogP contribution is 2.51. The number of amides is 1. The fraction of sp³-hybridized carbons (Fsp3) is 0.667. The minimum Gasteiger partial charge on any atom is -0.368 e. The molecule has 26 heavy (non-hydrogen) atoms. The predicted octanol–water partition coefficient (Wildman–Crippen LogP) is 2.02. The third kappa shape index (κ3) is 3.02. The standard InChI is InChI=1S/C18H25N5O3/c1-12-10-14(22(3)20-12)17(24)23-8-6-18(7-9-23)5-4-15(18)25-11-16-19-13(2)21-26-16/h10,15H,4-9,11H2,1-3H3. The van der Waals surface area contributed by atoms with Crippen molar-refractivity contribution in [3.8, 4) is 0 Å². The van der Waals surface area contributed by atoms with Crippen LogP contribution in [0.15, 0.2) is 10.6 Å². The predicted molar refractivity (Wildman–Crippen MR) is 92.4 cm³/mol. The van der Waals surface area contributed by atoms with Crippen LogP contribution in [0, 0.1) is 19.3 Å². The SMILES string of the molecule is Cc1cc(C(=O)N2CCC3(CCC3OCc3nc(C)no3)CC2)n(C)n1. The summed E-state index contributed by atoms with van der Waals surface area (Å²) in [5, 5.41) is 8.07. The van der Waals surface area contributed by atoms with Crippen molar-refractivity contribution >= 4 is 5.91 Å². The molecule has 3 heterocycles. The van der Waals surface area contributed by atoms with Gasteiger partial charge >= 0.3 is 0 Å². The molecular formula is C18H25N5O3. The van der Waals surface area contributed by atoms with Crippen LogP contribution >= 0.6 is 0 Å². The molecule has 0 bridgehead atoms. The fourth-order valence-electron chi connectivity index (χ4n) is 4.20. The molecule has 1 spiro atoms. The Hall–Kier alpha value is -2.22. The molecule has 1 aliphatic carbocycles. The number of carbonyl (C=O) groups excluding carboxylic acids is 1. The Morgan fingerprint density at radius 3 is 2.65 bits per heavy atom. The molecule has 4 rings (SSSR count). The van der Waals surface area contributed by atoms with Crippen LogP contribution in [0.4, 0.5) is 0 Å². The molecule has 1 saturated heterocycles. The quantitative estimate of drug-likeness (QED) is 0.830. The number of rotatable bonds is 4. The third-order valence-electron chi connectivity index (χ3n) is 5.83. The molecule has 2 aromatic rings. The second-order valence-corrected chi connectivity index (χ2v) is 7.52. The van der Waals surface area contributed by atoms with Gasteiger partial charge in [0.2, 0.25) is 0 Å². The van der Waals surface area contributed by atoms with Gasteiger partial charge in [0.15, 0.2) is 5.82 Å². The van der Waals surface area contributed by atoms with E-state index in [1.807, 2.05) is 24.9 Å². The summed E-state index contributed by atoms with van der Waals surface area (Å²) in [5.74, 6) is 1.23. The van der Waals surface area contributed by atoms with E-state index in [0.717, 1.165) is 44.5 Å². The van der Waals surface area contributed by atoms with Gasteiger partial charge in [0.25, 0.3) is 11.8 Å². The Kier molecular flexibility index (Phi) is 4.30. The van der Waals surface area contributed by atoms with Gasteiger partial charge in [-0.25, -0.2) is 0 Å². The van der Waals surface area contributed by atoms with Crippen molar-refractivity contribution in [3.05, 3.63) is 29.2 Å². The minimum absolute atomic E-state index is 0.0704. The zero-order valence-electron chi connectivity index (χ0n) is 15.6. The van der Waals surface area contributed by atoms with Gasteiger partial charge in [-0.05, 0) is 45.6 Å². The van der Waals surface area contributed by atoms with Crippen molar-refractivity contribution in [1.29, 1.82) is 0 Å². The lowest BCUT2D eigenvalue weighted by Crippen LogP contribution is -2.54. The number of aromatic nitrogens is 4. The van der Waals surface area contributed by atoms with E-state index < -0.39 is 0 Å². The van der Waals surface area contributed by atoms with Crippen LogP contribution in [0.2, 0.25) is 0 Å². The van der Waals surface area contributed by atoms with Crippen molar-refractivity contribution in [1.82, 2.24) is 24.8 Å². The van der Waals surface area contributed by atoms with Gasteiger partial charge in [-0.3, -0.25) is 9.48 Å². The van der Waals surface area contributed by atoms with E-state index in [1.165, 1.54) is 0 Å².